The minimum absolute atomic E-state index is 0.207. The Balaban J connectivity index is 2.67. The lowest BCUT2D eigenvalue weighted by Gasteiger charge is -2.11. The van der Waals surface area contributed by atoms with Crippen LogP contribution in [0.2, 0.25) is 0 Å². The first kappa shape index (κ1) is 12.3. The molecule has 1 aromatic rings. The molecule has 1 heterocycles. The number of hydrogen-bond donors (Lipinski definition) is 4. The van der Waals surface area contributed by atoms with Crippen molar-refractivity contribution in [2.24, 2.45) is 5.73 Å². The van der Waals surface area contributed by atoms with Gasteiger partial charge in [0.15, 0.2) is 0 Å². The van der Waals surface area contributed by atoms with Gasteiger partial charge in [0.25, 0.3) is 6.43 Å². The molecule has 90 valence electrons. The zero-order valence-corrected chi connectivity index (χ0v) is 8.95. The van der Waals surface area contributed by atoms with E-state index in [4.69, 9.17) is 11.5 Å². The fraction of sp³-hybridized carbons (Fsp3) is 0.444. The van der Waals surface area contributed by atoms with E-state index in [9.17, 15) is 8.78 Å². The molecule has 0 saturated heterocycles. The third kappa shape index (κ3) is 3.11. The summed E-state index contributed by atoms with van der Waals surface area (Å²) < 4.78 is 25.7. The molecule has 7 heteroatoms. The van der Waals surface area contributed by atoms with Crippen molar-refractivity contribution < 1.29 is 13.5 Å². The second-order valence-corrected chi connectivity index (χ2v) is 3.38. The SMILES string of the molecule is CC(/C(=C/N)NCC(F)F)[n+]1cc(N)c[nH]1. The summed E-state index contributed by atoms with van der Waals surface area (Å²) in [5, 5.41) is 5.46. The number of H-pyrrole nitrogens is 1. The van der Waals surface area contributed by atoms with E-state index in [-0.39, 0.29) is 6.04 Å². The van der Waals surface area contributed by atoms with Crippen molar-refractivity contribution >= 4 is 5.69 Å². The lowest BCUT2D eigenvalue weighted by molar-refractivity contribution is -0.763. The normalized spacial score (nSPS) is 14.1. The van der Waals surface area contributed by atoms with Gasteiger partial charge in [-0.1, -0.05) is 0 Å². The van der Waals surface area contributed by atoms with Gasteiger partial charge in [-0.15, -0.1) is 4.68 Å². The number of nitrogens with one attached hydrogen (secondary N) is 2. The Kier molecular flexibility index (Phi) is 4.10. The van der Waals surface area contributed by atoms with Crippen LogP contribution in [0.4, 0.5) is 14.5 Å². The predicted octanol–water partition coefficient (Wildman–Crippen LogP) is 0.100. The summed E-state index contributed by atoms with van der Waals surface area (Å²) >= 11 is 0. The van der Waals surface area contributed by atoms with Crippen molar-refractivity contribution in [1.29, 1.82) is 0 Å². The van der Waals surface area contributed by atoms with Gasteiger partial charge >= 0.3 is 0 Å². The van der Waals surface area contributed by atoms with E-state index in [1.165, 1.54) is 6.20 Å². The molecule has 0 amide bonds. The monoisotopic (exact) mass is 232 g/mol. The second-order valence-electron chi connectivity index (χ2n) is 3.38. The molecule has 0 aliphatic carbocycles. The van der Waals surface area contributed by atoms with E-state index in [1.54, 1.807) is 17.1 Å². The van der Waals surface area contributed by atoms with Crippen LogP contribution in [0.25, 0.3) is 0 Å². The van der Waals surface area contributed by atoms with Crippen molar-refractivity contribution in [2.45, 2.75) is 19.4 Å². The van der Waals surface area contributed by atoms with Crippen molar-refractivity contribution in [3.8, 4) is 0 Å². The van der Waals surface area contributed by atoms with Gasteiger partial charge in [0.05, 0.1) is 18.4 Å². The minimum atomic E-state index is -2.42. The zero-order chi connectivity index (χ0) is 12.1. The maximum Gasteiger partial charge on any atom is 0.255 e. The molecule has 6 N–H and O–H groups in total. The van der Waals surface area contributed by atoms with Crippen molar-refractivity contribution in [1.82, 2.24) is 10.4 Å². The Morgan fingerprint density at radius 1 is 1.69 bits per heavy atom. The molecule has 5 nitrogen and oxygen atoms in total. The standard InChI is InChI=1S/C9H15F2N5/c1-6(16-5-7(13)3-15-16)8(2-12)14-4-9(10)11/h2-3,5-6,9,14H,4,12-13H2,1H3/p+1/b8-2-. The van der Waals surface area contributed by atoms with Crippen LogP contribution in [0.1, 0.15) is 13.0 Å². The molecular weight excluding hydrogens is 216 g/mol. The molecule has 0 aliphatic rings. The maximum absolute atomic E-state index is 12.0. The number of rotatable bonds is 5. The zero-order valence-electron chi connectivity index (χ0n) is 8.95. The van der Waals surface area contributed by atoms with E-state index in [2.05, 4.69) is 10.4 Å². The van der Waals surface area contributed by atoms with Gasteiger partial charge in [0.2, 0.25) is 12.2 Å². The first-order valence-corrected chi connectivity index (χ1v) is 4.83. The van der Waals surface area contributed by atoms with Gasteiger partial charge in [0, 0.05) is 13.1 Å². The van der Waals surface area contributed by atoms with Crippen LogP contribution in [0.3, 0.4) is 0 Å². The number of aromatic amines is 1. The fourth-order valence-electron chi connectivity index (χ4n) is 1.30. The van der Waals surface area contributed by atoms with E-state index in [1.807, 2.05) is 6.92 Å². The Morgan fingerprint density at radius 2 is 2.38 bits per heavy atom. The molecule has 0 aliphatic heterocycles. The number of nitrogens with zero attached hydrogens (tertiary/aromatic N) is 1. The molecule has 1 aromatic heterocycles. The molecule has 0 saturated carbocycles. The number of nitrogen functional groups attached to an aromatic ring is 1. The van der Waals surface area contributed by atoms with Crippen molar-refractivity contribution in [3.05, 3.63) is 24.3 Å². The lowest BCUT2D eigenvalue weighted by Crippen LogP contribution is -2.43. The Bertz CT molecular complexity index is 361. The van der Waals surface area contributed by atoms with Crippen molar-refractivity contribution in [3.63, 3.8) is 0 Å². The van der Waals surface area contributed by atoms with E-state index in [0.29, 0.717) is 11.4 Å². The smallest absolute Gasteiger partial charge is 0.255 e. The van der Waals surface area contributed by atoms with E-state index >= 15 is 0 Å². The van der Waals surface area contributed by atoms with Crippen LogP contribution in [-0.2, 0) is 0 Å². The van der Waals surface area contributed by atoms with Crippen molar-refractivity contribution in [2.75, 3.05) is 12.3 Å². The summed E-state index contributed by atoms with van der Waals surface area (Å²) in [4.78, 5) is 0. The topological polar surface area (TPSA) is 83.7 Å². The molecule has 1 rings (SSSR count). The number of anilines is 1. The van der Waals surface area contributed by atoms with Crippen LogP contribution in [-0.4, -0.2) is 18.1 Å². The average Bonchev–Trinajstić information content (AvgIpc) is 2.65. The van der Waals surface area contributed by atoms with Gasteiger partial charge < -0.3 is 16.8 Å². The maximum atomic E-state index is 12.0. The molecular formula is C9H16F2N5+. The summed E-state index contributed by atoms with van der Waals surface area (Å²) in [5.41, 5.74) is 12.0. The Morgan fingerprint density at radius 3 is 2.81 bits per heavy atom. The molecule has 0 spiro atoms. The number of hydrogen-bond acceptors (Lipinski definition) is 3. The van der Waals surface area contributed by atoms with Crippen LogP contribution < -0.4 is 21.5 Å². The molecule has 1 atom stereocenters. The van der Waals surface area contributed by atoms with Crippen LogP contribution in [0, 0.1) is 0 Å². The average molecular weight is 232 g/mol. The number of alkyl halides is 2. The summed E-state index contributed by atoms with van der Waals surface area (Å²) in [6.45, 7) is 1.39. The second kappa shape index (κ2) is 5.34. The van der Waals surface area contributed by atoms with Gasteiger partial charge in [0.1, 0.15) is 5.69 Å². The molecule has 16 heavy (non-hydrogen) atoms. The third-order valence-corrected chi connectivity index (χ3v) is 2.18. The minimum Gasteiger partial charge on any atom is -0.403 e. The van der Waals surface area contributed by atoms with Crippen LogP contribution in [0.15, 0.2) is 24.3 Å². The molecule has 0 radical (unpaired) electrons. The quantitative estimate of drug-likeness (QED) is 0.543. The molecule has 0 bridgehead atoms. The summed E-state index contributed by atoms with van der Waals surface area (Å²) in [6.07, 6.45) is 2.13. The first-order valence-electron chi connectivity index (χ1n) is 4.83. The molecule has 0 aromatic carbocycles. The fourth-order valence-corrected chi connectivity index (χ4v) is 1.30. The molecule has 0 fully saturated rings. The Hall–Kier alpha value is -1.79. The highest BCUT2D eigenvalue weighted by Crippen LogP contribution is 2.07. The Labute approximate surface area is 92.1 Å². The van der Waals surface area contributed by atoms with Gasteiger partial charge in [-0.25, -0.2) is 8.78 Å². The summed E-state index contributed by atoms with van der Waals surface area (Å²) in [5.74, 6) is 0. The summed E-state index contributed by atoms with van der Waals surface area (Å²) in [7, 11) is 0. The van der Waals surface area contributed by atoms with Crippen LogP contribution >= 0.6 is 0 Å². The van der Waals surface area contributed by atoms with Crippen LogP contribution in [0.5, 0.6) is 0 Å². The van der Waals surface area contributed by atoms with Gasteiger partial charge in [-0.05, 0) is 0 Å². The third-order valence-electron chi connectivity index (χ3n) is 2.18. The number of aromatic nitrogens is 2. The van der Waals surface area contributed by atoms with E-state index < -0.39 is 13.0 Å². The highest BCUT2D eigenvalue weighted by Gasteiger charge is 2.20. The van der Waals surface area contributed by atoms with Gasteiger partial charge in [-0.2, -0.15) is 5.10 Å². The largest absolute Gasteiger partial charge is 0.403 e. The van der Waals surface area contributed by atoms with E-state index in [0.717, 1.165) is 0 Å². The predicted molar refractivity (Wildman–Crippen MR) is 56.4 cm³/mol. The molecule has 1 unspecified atom stereocenters. The first-order chi connectivity index (χ1) is 7.54. The number of allylic oxidation sites excluding steroid dienone is 1. The lowest BCUT2D eigenvalue weighted by atomic mass is 10.2. The number of nitrogens with two attached hydrogens (primary N) is 2. The number of halogens is 2. The highest BCUT2D eigenvalue weighted by molar-refractivity contribution is 5.27. The summed E-state index contributed by atoms with van der Waals surface area (Å²) in [6, 6.07) is -0.207. The highest BCUT2D eigenvalue weighted by atomic mass is 19.3. The van der Waals surface area contributed by atoms with Gasteiger partial charge in [-0.3, -0.25) is 0 Å².